The maximum atomic E-state index is 13.8. The Balaban J connectivity index is 1.24. The monoisotopic (exact) mass is 598 g/mol. The Bertz CT molecular complexity index is 1770. The molecule has 0 radical (unpaired) electrons. The van der Waals surface area contributed by atoms with Gasteiger partial charge in [0.25, 0.3) is 0 Å². The van der Waals surface area contributed by atoms with E-state index in [9.17, 15) is 39.0 Å². The zero-order valence-corrected chi connectivity index (χ0v) is 23.2. The lowest BCUT2D eigenvalue weighted by Gasteiger charge is -2.35. The van der Waals surface area contributed by atoms with Crippen LogP contribution in [0.5, 0.6) is 11.5 Å². The summed E-state index contributed by atoms with van der Waals surface area (Å²) in [4.78, 5) is 78.8. The van der Waals surface area contributed by atoms with Crippen molar-refractivity contribution in [3.8, 4) is 22.6 Å². The average Bonchev–Trinajstić information content (AvgIpc) is 3.53. The van der Waals surface area contributed by atoms with Crippen LogP contribution >= 0.6 is 0 Å². The Hall–Kier alpha value is -4.94. The number of carbonyl (C=O) groups is 6. The van der Waals surface area contributed by atoms with E-state index in [-0.39, 0.29) is 68.5 Å². The van der Waals surface area contributed by atoms with Crippen molar-refractivity contribution in [1.29, 1.82) is 0 Å². The van der Waals surface area contributed by atoms with Crippen LogP contribution < -0.4 is 0 Å². The molecule has 2 fully saturated rings. The van der Waals surface area contributed by atoms with E-state index in [0.717, 1.165) is 0 Å². The van der Waals surface area contributed by atoms with Crippen molar-refractivity contribution in [2.24, 2.45) is 0 Å². The fraction of sp³-hybridized carbons (Fsp3) is 0.312. The van der Waals surface area contributed by atoms with E-state index >= 15 is 0 Å². The van der Waals surface area contributed by atoms with E-state index in [1.165, 1.54) is 24.3 Å². The molecule has 2 aliphatic carbocycles. The quantitative estimate of drug-likeness (QED) is 0.458. The minimum Gasteiger partial charge on any atom is -0.506 e. The Morgan fingerprint density at radius 2 is 0.909 bits per heavy atom. The largest absolute Gasteiger partial charge is 0.506 e. The summed E-state index contributed by atoms with van der Waals surface area (Å²) in [6.07, 6.45) is -5.35. The number of esters is 2. The summed E-state index contributed by atoms with van der Waals surface area (Å²) in [5, 5.41) is 22.8. The standard InChI is InChI=1S/C32H22O12/c1-9-19-23(31-15(41-9)7-17(33)43-31)27(37)13-5-3-11(25(35)21(13)29(19)39)12-4-6-14-22(26(12)36)30(40)20-10(2)42-16-8-18(34)44-32(16)24(20)28(14)38/h3-6,9-10,15-16,31-32,35-36H,7-8H2,1-2H3/t9-,10-,15-,16?,31+,32+/m1/s1. The normalized spacial score (nSPS) is 30.3. The van der Waals surface area contributed by atoms with Crippen molar-refractivity contribution >= 4 is 35.1 Å². The Morgan fingerprint density at radius 3 is 1.30 bits per heavy atom. The first-order chi connectivity index (χ1) is 21.0. The van der Waals surface area contributed by atoms with Gasteiger partial charge < -0.3 is 29.2 Å². The van der Waals surface area contributed by atoms with Crippen LogP contribution in [-0.4, -0.2) is 81.9 Å². The van der Waals surface area contributed by atoms with Crippen LogP contribution in [0.1, 0.15) is 68.1 Å². The average molecular weight is 599 g/mol. The Kier molecular flexibility index (Phi) is 5.34. The Morgan fingerprint density at radius 1 is 0.545 bits per heavy atom. The van der Waals surface area contributed by atoms with Crippen LogP contribution in [0.4, 0.5) is 0 Å². The van der Waals surface area contributed by atoms with Gasteiger partial charge in [-0.3, -0.25) is 28.8 Å². The molecule has 222 valence electrons. The molecule has 2 N–H and O–H groups in total. The van der Waals surface area contributed by atoms with E-state index in [0.29, 0.717) is 0 Å². The summed E-state index contributed by atoms with van der Waals surface area (Å²) in [7, 11) is 0. The minimum atomic E-state index is -1.04. The van der Waals surface area contributed by atoms with Crippen molar-refractivity contribution in [3.63, 3.8) is 0 Å². The number of phenols is 2. The molecule has 0 saturated carbocycles. The molecule has 0 spiro atoms. The predicted octanol–water partition coefficient (Wildman–Crippen LogP) is 2.32. The summed E-state index contributed by atoms with van der Waals surface area (Å²) in [6.45, 7) is 3.13. The van der Waals surface area contributed by atoms with E-state index < -0.39 is 83.2 Å². The topological polar surface area (TPSA) is 180 Å². The molecule has 2 aromatic carbocycles. The first-order valence-corrected chi connectivity index (χ1v) is 14.1. The van der Waals surface area contributed by atoms with Gasteiger partial charge in [0.2, 0.25) is 0 Å². The van der Waals surface area contributed by atoms with Crippen molar-refractivity contribution in [2.75, 3.05) is 0 Å². The number of Topliss-reactive ketones (excluding diaryl/α,β-unsaturated/α-hetero) is 4. The second-order valence-corrected chi connectivity index (χ2v) is 11.6. The molecule has 0 bridgehead atoms. The highest BCUT2D eigenvalue weighted by molar-refractivity contribution is 6.31. The third-order valence-electron chi connectivity index (χ3n) is 9.22. The Labute approximate surface area is 247 Å². The molecule has 4 aliphatic heterocycles. The van der Waals surface area contributed by atoms with Gasteiger partial charge in [0.15, 0.2) is 35.3 Å². The maximum absolute atomic E-state index is 13.8. The predicted molar refractivity (Wildman–Crippen MR) is 144 cm³/mol. The van der Waals surface area contributed by atoms with Gasteiger partial charge in [0.05, 0.1) is 47.3 Å². The second-order valence-electron chi connectivity index (χ2n) is 11.6. The summed E-state index contributed by atoms with van der Waals surface area (Å²) in [6, 6.07) is 5.28. The molecule has 12 heteroatoms. The van der Waals surface area contributed by atoms with Crippen molar-refractivity contribution < 1.29 is 57.9 Å². The van der Waals surface area contributed by atoms with Crippen molar-refractivity contribution in [1.82, 2.24) is 0 Å². The summed E-state index contributed by atoms with van der Waals surface area (Å²) < 4.78 is 22.3. The van der Waals surface area contributed by atoms with E-state index in [1.807, 2.05) is 0 Å². The van der Waals surface area contributed by atoms with Gasteiger partial charge in [0.1, 0.15) is 23.7 Å². The lowest BCUT2D eigenvalue weighted by atomic mass is 9.75. The highest BCUT2D eigenvalue weighted by Crippen LogP contribution is 2.49. The van der Waals surface area contributed by atoms with Gasteiger partial charge in [-0.2, -0.15) is 0 Å². The van der Waals surface area contributed by atoms with Crippen molar-refractivity contribution in [3.05, 3.63) is 68.8 Å². The van der Waals surface area contributed by atoms with E-state index in [2.05, 4.69) is 0 Å². The molecular weight excluding hydrogens is 576 g/mol. The number of rotatable bonds is 1. The van der Waals surface area contributed by atoms with Gasteiger partial charge in [-0.25, -0.2) is 0 Å². The number of phenolic OH excluding ortho intramolecular Hbond substituents is 2. The van der Waals surface area contributed by atoms with Crippen LogP contribution in [0.2, 0.25) is 0 Å². The van der Waals surface area contributed by atoms with Gasteiger partial charge in [-0.15, -0.1) is 0 Å². The van der Waals surface area contributed by atoms with Gasteiger partial charge in [-0.05, 0) is 38.1 Å². The SMILES string of the molecule is C[C@H]1OC2CC(=O)O[C@@H]2C2=C1C(=O)c1c(ccc(-c3ccc4c(c3O)C(=O)C3=C(C4=O)[C@H]4OC(=O)C[C@H]4O[C@@H]3C)c1O)C2=O. The number of carbonyl (C=O) groups excluding carboxylic acids is 6. The summed E-state index contributed by atoms with van der Waals surface area (Å²) in [5.41, 5.74) is -1.02. The second kappa shape index (κ2) is 8.80. The molecule has 0 aromatic heterocycles. The molecule has 0 amide bonds. The number of ketones is 4. The van der Waals surface area contributed by atoms with Crippen LogP contribution in [-0.2, 0) is 28.5 Å². The summed E-state index contributed by atoms with van der Waals surface area (Å²) in [5.74, 6) is -4.93. The maximum Gasteiger partial charge on any atom is 0.309 e. The number of ether oxygens (including phenoxy) is 4. The minimum absolute atomic E-state index is 0.0214. The number of benzene rings is 2. The van der Waals surface area contributed by atoms with E-state index in [4.69, 9.17) is 18.9 Å². The molecule has 44 heavy (non-hydrogen) atoms. The molecule has 2 aromatic rings. The van der Waals surface area contributed by atoms with Gasteiger partial charge in [-0.1, -0.05) is 0 Å². The number of fused-ring (bicyclic) bond motifs is 6. The molecule has 6 aliphatic rings. The van der Waals surface area contributed by atoms with E-state index in [1.54, 1.807) is 13.8 Å². The first-order valence-electron chi connectivity index (χ1n) is 14.1. The molecule has 2 saturated heterocycles. The zero-order valence-electron chi connectivity index (χ0n) is 23.2. The fourth-order valence-electron chi connectivity index (χ4n) is 7.34. The molecular formula is C32H22O12. The number of hydrogen-bond acceptors (Lipinski definition) is 12. The first kappa shape index (κ1) is 26.7. The van der Waals surface area contributed by atoms with Crippen LogP contribution in [0.3, 0.4) is 0 Å². The lowest BCUT2D eigenvalue weighted by molar-refractivity contribution is -0.141. The van der Waals surface area contributed by atoms with Crippen LogP contribution in [0.15, 0.2) is 46.6 Å². The molecule has 8 rings (SSSR count). The zero-order chi connectivity index (χ0) is 30.9. The molecule has 4 heterocycles. The molecule has 12 nitrogen and oxygen atoms in total. The van der Waals surface area contributed by atoms with Crippen LogP contribution in [0.25, 0.3) is 11.1 Å². The van der Waals surface area contributed by atoms with Crippen molar-refractivity contribution in [2.45, 2.75) is 63.3 Å². The van der Waals surface area contributed by atoms with Crippen LogP contribution in [0, 0.1) is 0 Å². The lowest BCUT2D eigenvalue weighted by Crippen LogP contribution is -2.44. The molecule has 1 unspecified atom stereocenters. The number of hydrogen-bond donors (Lipinski definition) is 2. The fourth-order valence-corrected chi connectivity index (χ4v) is 7.34. The smallest absolute Gasteiger partial charge is 0.309 e. The third-order valence-corrected chi connectivity index (χ3v) is 9.22. The summed E-state index contributed by atoms with van der Waals surface area (Å²) >= 11 is 0. The van der Waals surface area contributed by atoms with Gasteiger partial charge >= 0.3 is 11.9 Å². The highest BCUT2D eigenvalue weighted by atomic mass is 16.6. The number of aromatic hydroxyl groups is 2. The third kappa shape index (κ3) is 3.29. The highest BCUT2D eigenvalue weighted by Gasteiger charge is 2.53. The molecule has 6 atom stereocenters. The van der Waals surface area contributed by atoms with Gasteiger partial charge in [0, 0.05) is 33.4 Å².